The van der Waals surface area contributed by atoms with Gasteiger partial charge in [-0.25, -0.2) is 0 Å². The fourth-order valence-corrected chi connectivity index (χ4v) is 3.64. The molecule has 4 heteroatoms. The molecular weight excluding hydrogens is 288 g/mol. The van der Waals surface area contributed by atoms with Crippen molar-refractivity contribution in [1.29, 1.82) is 0 Å². The van der Waals surface area contributed by atoms with Gasteiger partial charge in [0.15, 0.2) is 6.61 Å². The van der Waals surface area contributed by atoms with Crippen molar-refractivity contribution < 1.29 is 9.53 Å². The topological polar surface area (TPSA) is 41.6 Å². The van der Waals surface area contributed by atoms with Gasteiger partial charge < -0.3 is 15.0 Å². The smallest absolute Gasteiger partial charge is 0.260 e. The van der Waals surface area contributed by atoms with E-state index in [4.69, 9.17) is 4.74 Å². The zero-order chi connectivity index (χ0) is 16.4. The molecule has 2 saturated heterocycles. The summed E-state index contributed by atoms with van der Waals surface area (Å²) in [6.07, 6.45) is 3.50. The van der Waals surface area contributed by atoms with Gasteiger partial charge in [-0.2, -0.15) is 0 Å². The molecule has 2 aliphatic heterocycles. The molecule has 2 unspecified atom stereocenters. The average Bonchev–Trinajstić information content (AvgIpc) is 2.83. The predicted octanol–water partition coefficient (Wildman–Crippen LogP) is 2.85. The molecule has 2 aliphatic rings. The van der Waals surface area contributed by atoms with E-state index in [2.05, 4.69) is 38.2 Å². The number of carbonyl (C=O) groups is 1. The number of fused-ring (bicyclic) bond motifs is 2. The van der Waals surface area contributed by atoms with Crippen LogP contribution in [0.4, 0.5) is 0 Å². The maximum absolute atomic E-state index is 12.5. The van der Waals surface area contributed by atoms with Gasteiger partial charge in [0.05, 0.1) is 0 Å². The maximum atomic E-state index is 12.5. The van der Waals surface area contributed by atoms with E-state index in [-0.39, 0.29) is 12.5 Å². The van der Waals surface area contributed by atoms with Gasteiger partial charge in [0.1, 0.15) is 5.75 Å². The van der Waals surface area contributed by atoms with Gasteiger partial charge in [-0.05, 0) is 49.3 Å². The summed E-state index contributed by atoms with van der Waals surface area (Å²) in [7, 11) is 0. The van der Waals surface area contributed by atoms with Crippen LogP contribution in [-0.2, 0) is 4.79 Å². The normalized spacial score (nSPS) is 23.9. The third kappa shape index (κ3) is 3.86. The van der Waals surface area contributed by atoms with Crippen LogP contribution in [-0.4, -0.2) is 42.6 Å². The Morgan fingerprint density at radius 2 is 2.09 bits per heavy atom. The second-order valence-electron chi connectivity index (χ2n) is 7.25. The predicted molar refractivity (Wildman–Crippen MR) is 91.9 cm³/mol. The summed E-state index contributed by atoms with van der Waals surface area (Å²) in [4.78, 5) is 14.5. The second kappa shape index (κ2) is 6.91. The Balaban J connectivity index is 1.62. The summed E-state index contributed by atoms with van der Waals surface area (Å²) >= 11 is 0. The van der Waals surface area contributed by atoms with Crippen molar-refractivity contribution in [1.82, 2.24) is 10.2 Å². The second-order valence-corrected chi connectivity index (χ2v) is 7.25. The Hall–Kier alpha value is -1.55. The number of nitrogens with one attached hydrogen (secondary N) is 1. The lowest BCUT2D eigenvalue weighted by molar-refractivity contribution is -0.133. The van der Waals surface area contributed by atoms with Crippen LogP contribution in [0.15, 0.2) is 18.2 Å². The van der Waals surface area contributed by atoms with Crippen LogP contribution in [0.3, 0.4) is 0 Å². The molecule has 0 radical (unpaired) electrons. The van der Waals surface area contributed by atoms with Crippen molar-refractivity contribution in [3.63, 3.8) is 0 Å². The van der Waals surface area contributed by atoms with Crippen LogP contribution >= 0.6 is 0 Å². The zero-order valence-electron chi connectivity index (χ0n) is 14.5. The van der Waals surface area contributed by atoms with Crippen molar-refractivity contribution in [2.75, 3.05) is 19.7 Å². The summed E-state index contributed by atoms with van der Waals surface area (Å²) in [5.74, 6) is 1.34. The van der Waals surface area contributed by atoms with Gasteiger partial charge in [-0.3, -0.25) is 4.79 Å². The molecule has 2 atom stereocenters. The largest absolute Gasteiger partial charge is 0.483 e. The Labute approximate surface area is 139 Å². The standard InChI is InChI=1S/C19H28N2O2/c1-13(2)17-7-4-14(3)10-18(17)23-12-19(22)21-9-8-15-5-6-16(11-21)20-15/h4,7,10,13,15-16,20H,5-6,8-9,11-12H2,1-3H3. The van der Waals surface area contributed by atoms with Crippen molar-refractivity contribution in [2.45, 2.75) is 58.0 Å². The highest BCUT2D eigenvalue weighted by Crippen LogP contribution is 2.27. The molecule has 126 valence electrons. The number of hydrogen-bond acceptors (Lipinski definition) is 3. The van der Waals surface area contributed by atoms with E-state index in [1.807, 2.05) is 11.0 Å². The van der Waals surface area contributed by atoms with Crippen LogP contribution in [0.1, 0.15) is 50.2 Å². The molecule has 0 aliphatic carbocycles. The first kappa shape index (κ1) is 16.3. The molecule has 3 rings (SSSR count). The van der Waals surface area contributed by atoms with Crippen molar-refractivity contribution in [3.8, 4) is 5.75 Å². The Bertz CT molecular complexity index is 570. The fraction of sp³-hybridized carbons (Fsp3) is 0.632. The molecule has 0 spiro atoms. The van der Waals surface area contributed by atoms with E-state index in [1.54, 1.807) is 0 Å². The van der Waals surface area contributed by atoms with Gasteiger partial charge in [0.25, 0.3) is 5.91 Å². The molecule has 2 heterocycles. The van der Waals surface area contributed by atoms with Crippen molar-refractivity contribution in [3.05, 3.63) is 29.3 Å². The number of ether oxygens (including phenoxy) is 1. The van der Waals surface area contributed by atoms with E-state index < -0.39 is 0 Å². The maximum Gasteiger partial charge on any atom is 0.260 e. The van der Waals surface area contributed by atoms with Gasteiger partial charge in [0, 0.05) is 25.2 Å². The van der Waals surface area contributed by atoms with Crippen LogP contribution in [0.2, 0.25) is 0 Å². The van der Waals surface area contributed by atoms with E-state index >= 15 is 0 Å². The number of aryl methyl sites for hydroxylation is 1. The molecule has 0 aromatic heterocycles. The van der Waals surface area contributed by atoms with E-state index in [9.17, 15) is 4.79 Å². The lowest BCUT2D eigenvalue weighted by Crippen LogP contribution is -2.41. The molecular formula is C19H28N2O2. The van der Waals surface area contributed by atoms with Gasteiger partial charge in [-0.1, -0.05) is 26.0 Å². The Kier molecular flexibility index (Phi) is 4.90. The average molecular weight is 316 g/mol. The molecule has 0 saturated carbocycles. The zero-order valence-corrected chi connectivity index (χ0v) is 14.5. The third-order valence-electron chi connectivity index (χ3n) is 5.02. The first-order chi connectivity index (χ1) is 11.0. The third-order valence-corrected chi connectivity index (χ3v) is 5.02. The quantitative estimate of drug-likeness (QED) is 0.929. The monoisotopic (exact) mass is 316 g/mol. The van der Waals surface area contributed by atoms with E-state index in [0.29, 0.717) is 18.0 Å². The van der Waals surface area contributed by atoms with Crippen molar-refractivity contribution in [2.24, 2.45) is 0 Å². The number of benzene rings is 1. The highest BCUT2D eigenvalue weighted by molar-refractivity contribution is 5.78. The van der Waals surface area contributed by atoms with E-state index in [1.165, 1.54) is 18.4 Å². The summed E-state index contributed by atoms with van der Waals surface area (Å²) in [5.41, 5.74) is 2.33. The number of hydrogen-bond donors (Lipinski definition) is 1. The molecule has 4 nitrogen and oxygen atoms in total. The molecule has 1 amide bonds. The molecule has 2 fully saturated rings. The highest BCUT2D eigenvalue weighted by atomic mass is 16.5. The lowest BCUT2D eigenvalue weighted by atomic mass is 10.0. The van der Waals surface area contributed by atoms with Crippen LogP contribution < -0.4 is 10.1 Å². The number of amides is 1. The SMILES string of the molecule is Cc1ccc(C(C)C)c(OCC(=O)N2CCC3CCC(C2)N3)c1. The van der Waals surface area contributed by atoms with Crippen LogP contribution in [0, 0.1) is 6.92 Å². The van der Waals surface area contributed by atoms with Crippen molar-refractivity contribution >= 4 is 5.91 Å². The minimum absolute atomic E-state index is 0.107. The first-order valence-electron chi connectivity index (χ1n) is 8.80. The summed E-state index contributed by atoms with van der Waals surface area (Å²) in [6.45, 7) is 8.16. The highest BCUT2D eigenvalue weighted by Gasteiger charge is 2.31. The number of nitrogens with zero attached hydrogens (tertiary/aromatic N) is 1. The van der Waals surface area contributed by atoms with Crippen LogP contribution in [0.25, 0.3) is 0 Å². The Morgan fingerprint density at radius 3 is 2.87 bits per heavy atom. The molecule has 1 aromatic carbocycles. The van der Waals surface area contributed by atoms with Crippen LogP contribution in [0.5, 0.6) is 5.75 Å². The number of carbonyl (C=O) groups excluding carboxylic acids is 1. The summed E-state index contributed by atoms with van der Waals surface area (Å²) in [5, 5.41) is 3.61. The minimum atomic E-state index is 0.107. The van der Waals surface area contributed by atoms with Gasteiger partial charge in [0.2, 0.25) is 0 Å². The van der Waals surface area contributed by atoms with Gasteiger partial charge in [-0.15, -0.1) is 0 Å². The van der Waals surface area contributed by atoms with Gasteiger partial charge >= 0.3 is 0 Å². The Morgan fingerprint density at radius 1 is 1.30 bits per heavy atom. The molecule has 1 N–H and O–H groups in total. The summed E-state index contributed by atoms with van der Waals surface area (Å²) < 4.78 is 5.90. The fourth-order valence-electron chi connectivity index (χ4n) is 3.64. The summed E-state index contributed by atoms with van der Waals surface area (Å²) in [6, 6.07) is 7.31. The van der Waals surface area contributed by atoms with E-state index in [0.717, 1.165) is 30.8 Å². The number of likely N-dealkylation sites (tertiary alicyclic amines) is 1. The number of rotatable bonds is 4. The molecule has 1 aromatic rings. The molecule has 2 bridgehead atoms. The lowest BCUT2D eigenvalue weighted by Gasteiger charge is -2.24. The molecule has 23 heavy (non-hydrogen) atoms. The minimum Gasteiger partial charge on any atom is -0.483 e. The first-order valence-corrected chi connectivity index (χ1v) is 8.80.